The van der Waals surface area contributed by atoms with Crippen molar-refractivity contribution >= 4 is 33.1 Å². The molecule has 1 aromatic rings. The lowest BCUT2D eigenvalue weighted by molar-refractivity contribution is 0.252. The van der Waals surface area contributed by atoms with Gasteiger partial charge in [-0.15, -0.1) is 0 Å². The third-order valence-corrected chi connectivity index (χ3v) is 4.04. The quantitative estimate of drug-likeness (QED) is 0.862. The molecule has 0 atom stereocenters. The van der Waals surface area contributed by atoms with Crippen LogP contribution in [0.25, 0.3) is 0 Å². The Bertz CT molecular complexity index is 416. The first-order valence-corrected chi connectivity index (χ1v) is 7.09. The number of nitrogens with two attached hydrogens (primary N) is 1. The van der Waals surface area contributed by atoms with Gasteiger partial charge in [-0.2, -0.15) is 0 Å². The van der Waals surface area contributed by atoms with Gasteiger partial charge in [-0.25, -0.2) is 0 Å². The molecule has 4 heteroatoms. The van der Waals surface area contributed by atoms with Crippen LogP contribution in [0.4, 0.5) is 0 Å². The van der Waals surface area contributed by atoms with E-state index in [0.29, 0.717) is 4.99 Å². The molecule has 1 fully saturated rings. The van der Waals surface area contributed by atoms with Gasteiger partial charge < -0.3 is 10.5 Å². The smallest absolute Gasteiger partial charge is 0.120 e. The van der Waals surface area contributed by atoms with Gasteiger partial charge in [0, 0.05) is 10.0 Å². The largest absolute Gasteiger partial charge is 0.493 e. The molecule has 2 nitrogen and oxygen atoms in total. The molecular formula is C13H16BrNOS. The maximum Gasteiger partial charge on any atom is 0.120 e. The standard InChI is InChI=1S/C13H16BrNOS/c14-12-7-10(5-6-11(12)13(15)17)16-8-9-3-1-2-4-9/h5-7,9H,1-4,8H2,(H2,15,17). The van der Waals surface area contributed by atoms with Crippen molar-refractivity contribution in [1.82, 2.24) is 0 Å². The zero-order chi connectivity index (χ0) is 12.3. The molecule has 2 rings (SSSR count). The SMILES string of the molecule is NC(=S)c1ccc(OCC2CCCC2)cc1Br. The summed E-state index contributed by atoms with van der Waals surface area (Å²) in [5, 5.41) is 0. The van der Waals surface area contributed by atoms with E-state index in [1.807, 2.05) is 18.2 Å². The number of thiocarbonyl (C=S) groups is 1. The maximum absolute atomic E-state index is 5.79. The highest BCUT2D eigenvalue weighted by Crippen LogP contribution is 2.27. The minimum Gasteiger partial charge on any atom is -0.493 e. The second-order valence-electron chi connectivity index (χ2n) is 4.47. The first-order valence-electron chi connectivity index (χ1n) is 5.89. The molecular weight excluding hydrogens is 298 g/mol. The number of benzene rings is 1. The van der Waals surface area contributed by atoms with E-state index in [-0.39, 0.29) is 0 Å². The summed E-state index contributed by atoms with van der Waals surface area (Å²) in [6.45, 7) is 0.818. The molecule has 0 aliphatic heterocycles. The fraction of sp³-hybridized carbons (Fsp3) is 0.462. The molecule has 0 amide bonds. The van der Waals surface area contributed by atoms with Crippen LogP contribution >= 0.6 is 28.1 Å². The highest BCUT2D eigenvalue weighted by molar-refractivity contribution is 9.10. The lowest BCUT2D eigenvalue weighted by Crippen LogP contribution is -2.11. The molecule has 92 valence electrons. The molecule has 0 heterocycles. The van der Waals surface area contributed by atoms with E-state index in [2.05, 4.69) is 15.9 Å². The van der Waals surface area contributed by atoms with Gasteiger partial charge in [-0.1, -0.05) is 25.1 Å². The Balaban J connectivity index is 1.97. The molecule has 1 aromatic carbocycles. The van der Waals surface area contributed by atoms with Crippen LogP contribution in [0.3, 0.4) is 0 Å². The van der Waals surface area contributed by atoms with Gasteiger partial charge in [0.2, 0.25) is 0 Å². The molecule has 0 saturated heterocycles. The van der Waals surface area contributed by atoms with Crippen molar-refractivity contribution in [2.24, 2.45) is 11.7 Å². The summed E-state index contributed by atoms with van der Waals surface area (Å²) in [4.78, 5) is 0.402. The third-order valence-electron chi connectivity index (χ3n) is 3.17. The molecule has 0 unspecified atom stereocenters. The number of hydrogen-bond acceptors (Lipinski definition) is 2. The second kappa shape index (κ2) is 5.83. The van der Waals surface area contributed by atoms with Crippen molar-refractivity contribution in [3.05, 3.63) is 28.2 Å². The van der Waals surface area contributed by atoms with E-state index in [4.69, 9.17) is 22.7 Å². The van der Waals surface area contributed by atoms with Crippen molar-refractivity contribution < 1.29 is 4.74 Å². The van der Waals surface area contributed by atoms with Gasteiger partial charge >= 0.3 is 0 Å². The highest BCUT2D eigenvalue weighted by Gasteiger charge is 2.15. The zero-order valence-corrected chi connectivity index (χ0v) is 12.0. The van der Waals surface area contributed by atoms with Crippen LogP contribution in [0.5, 0.6) is 5.75 Å². The van der Waals surface area contributed by atoms with E-state index in [1.165, 1.54) is 25.7 Å². The molecule has 17 heavy (non-hydrogen) atoms. The Morgan fingerprint density at radius 3 is 2.71 bits per heavy atom. The maximum atomic E-state index is 5.79. The lowest BCUT2D eigenvalue weighted by atomic mass is 10.1. The Hall–Kier alpha value is -0.610. The zero-order valence-electron chi connectivity index (χ0n) is 9.62. The van der Waals surface area contributed by atoms with Gasteiger partial charge in [-0.3, -0.25) is 0 Å². The van der Waals surface area contributed by atoms with E-state index < -0.39 is 0 Å². The van der Waals surface area contributed by atoms with Gasteiger partial charge in [0.05, 0.1) is 6.61 Å². The number of ether oxygens (including phenoxy) is 1. The van der Waals surface area contributed by atoms with Gasteiger partial charge in [0.25, 0.3) is 0 Å². The van der Waals surface area contributed by atoms with E-state index >= 15 is 0 Å². The monoisotopic (exact) mass is 313 g/mol. The van der Waals surface area contributed by atoms with Crippen molar-refractivity contribution in [2.75, 3.05) is 6.61 Å². The van der Waals surface area contributed by atoms with Crippen LogP contribution < -0.4 is 10.5 Å². The van der Waals surface area contributed by atoms with Crippen LogP contribution in [0.1, 0.15) is 31.2 Å². The number of hydrogen-bond donors (Lipinski definition) is 1. The summed E-state index contributed by atoms with van der Waals surface area (Å²) in [5.41, 5.74) is 6.45. The predicted octanol–water partition coefficient (Wildman–Crippen LogP) is 3.65. The van der Waals surface area contributed by atoms with Gasteiger partial charge in [0.1, 0.15) is 10.7 Å². The van der Waals surface area contributed by atoms with Crippen LogP contribution in [0.15, 0.2) is 22.7 Å². The lowest BCUT2D eigenvalue weighted by Gasteiger charge is -2.12. The fourth-order valence-corrected chi connectivity index (χ4v) is 3.06. The number of halogens is 1. The van der Waals surface area contributed by atoms with Crippen LogP contribution in [-0.2, 0) is 0 Å². The van der Waals surface area contributed by atoms with Gasteiger partial charge in [-0.05, 0) is 52.9 Å². The highest BCUT2D eigenvalue weighted by atomic mass is 79.9. The van der Waals surface area contributed by atoms with Crippen LogP contribution in [0, 0.1) is 5.92 Å². The summed E-state index contributed by atoms with van der Waals surface area (Å²) in [6.07, 6.45) is 5.29. The predicted molar refractivity (Wildman–Crippen MR) is 77.5 cm³/mol. The van der Waals surface area contributed by atoms with Crippen molar-refractivity contribution in [3.63, 3.8) is 0 Å². The Morgan fingerprint density at radius 1 is 1.41 bits per heavy atom. The molecule has 0 aromatic heterocycles. The third kappa shape index (κ3) is 3.42. The first kappa shape index (κ1) is 12.8. The Labute approximate surface area is 116 Å². The van der Waals surface area contributed by atoms with E-state index in [0.717, 1.165) is 28.3 Å². The molecule has 1 aliphatic rings. The average Bonchev–Trinajstić information content (AvgIpc) is 2.78. The summed E-state index contributed by atoms with van der Waals surface area (Å²) >= 11 is 8.41. The van der Waals surface area contributed by atoms with Crippen molar-refractivity contribution in [3.8, 4) is 5.75 Å². The topological polar surface area (TPSA) is 35.2 Å². The fourth-order valence-electron chi connectivity index (χ4n) is 2.18. The Kier molecular flexibility index (Phi) is 4.40. The van der Waals surface area contributed by atoms with Gasteiger partial charge in [0.15, 0.2) is 0 Å². The summed E-state index contributed by atoms with van der Waals surface area (Å²) in [7, 11) is 0. The van der Waals surface area contributed by atoms with Crippen molar-refractivity contribution in [1.29, 1.82) is 0 Å². The minimum atomic E-state index is 0.402. The number of rotatable bonds is 4. The molecule has 0 bridgehead atoms. The molecule has 0 spiro atoms. The first-order chi connectivity index (χ1) is 8.16. The van der Waals surface area contributed by atoms with E-state index in [1.54, 1.807) is 0 Å². The summed E-state index contributed by atoms with van der Waals surface area (Å²) < 4.78 is 6.69. The normalized spacial score (nSPS) is 16.1. The minimum absolute atomic E-state index is 0.402. The average molecular weight is 314 g/mol. The molecule has 1 saturated carbocycles. The van der Waals surface area contributed by atoms with Crippen molar-refractivity contribution in [2.45, 2.75) is 25.7 Å². The molecule has 0 radical (unpaired) electrons. The molecule has 1 aliphatic carbocycles. The molecule has 2 N–H and O–H groups in total. The summed E-state index contributed by atoms with van der Waals surface area (Å²) in [5.74, 6) is 1.60. The van der Waals surface area contributed by atoms with E-state index in [9.17, 15) is 0 Å². The Morgan fingerprint density at radius 2 is 2.12 bits per heavy atom. The second-order valence-corrected chi connectivity index (χ2v) is 5.76. The van der Waals surface area contributed by atoms with Crippen LogP contribution in [0.2, 0.25) is 0 Å². The van der Waals surface area contributed by atoms with Crippen LogP contribution in [-0.4, -0.2) is 11.6 Å². The summed E-state index contributed by atoms with van der Waals surface area (Å²) in [6, 6.07) is 5.76.